The van der Waals surface area contributed by atoms with Gasteiger partial charge in [-0.15, -0.1) is 0 Å². The van der Waals surface area contributed by atoms with Crippen LogP contribution < -0.4 is 15.7 Å². The molecule has 0 bridgehead atoms. The van der Waals surface area contributed by atoms with Crippen LogP contribution in [0.2, 0.25) is 5.04 Å². The number of benzene rings is 3. The van der Waals surface area contributed by atoms with E-state index in [-0.39, 0.29) is 18.3 Å². The Hall–Kier alpha value is -4.46. The standard InChI is InChI=1S/C42H55N3O8Si/c1-29(30(2)46)27-45(32(4)47)40-39(50-28-36(48)43-25-26-44(8)9)38(37(52-40)31(3)51-41(49)33-19-13-10-14-20-33)53-54(42(5,6)7,34-21-15-11-16-22-34)35-23-17-12-18-24-35/h10-24,27,31,37-40H,25-26,28H2,1-9H3,(H,43,48)/b29-27-/t31-,37-,38-,39-,40-/m1/s1. The SMILES string of the molecule is CC(=O)/C(C)=C\N(C(C)=O)[C@@H]1O[C@H]([C@@H](C)OC(=O)c2ccccc2)[C@@H](O[Si](c2ccccc2)(c2ccccc2)C(C)(C)C)[C@H]1OCC(=O)NCCN(C)C. The molecule has 1 aliphatic rings. The lowest BCUT2D eigenvalue weighted by molar-refractivity contribution is -0.151. The molecule has 0 saturated carbocycles. The maximum absolute atomic E-state index is 13.5. The molecule has 12 heteroatoms. The van der Waals surface area contributed by atoms with E-state index in [1.807, 2.05) is 61.5 Å². The summed E-state index contributed by atoms with van der Waals surface area (Å²) >= 11 is 0. The van der Waals surface area contributed by atoms with Gasteiger partial charge in [0.15, 0.2) is 12.0 Å². The fourth-order valence-electron chi connectivity index (χ4n) is 6.64. The van der Waals surface area contributed by atoms with Crippen molar-refractivity contribution >= 4 is 42.3 Å². The molecular weight excluding hydrogens is 703 g/mol. The molecule has 0 spiro atoms. The number of nitrogens with one attached hydrogen (secondary N) is 1. The van der Waals surface area contributed by atoms with E-state index in [2.05, 4.69) is 50.4 Å². The lowest BCUT2D eigenvalue weighted by Gasteiger charge is -2.46. The van der Waals surface area contributed by atoms with Crippen LogP contribution in [0.4, 0.5) is 0 Å². The molecule has 5 atom stereocenters. The van der Waals surface area contributed by atoms with Crippen molar-refractivity contribution in [1.29, 1.82) is 0 Å². The van der Waals surface area contributed by atoms with E-state index in [4.69, 9.17) is 18.6 Å². The van der Waals surface area contributed by atoms with Crippen LogP contribution in [0.25, 0.3) is 0 Å². The molecule has 290 valence electrons. The van der Waals surface area contributed by atoms with Crippen LogP contribution in [-0.4, -0.2) is 106 Å². The highest BCUT2D eigenvalue weighted by atomic mass is 28.4. The van der Waals surface area contributed by atoms with Gasteiger partial charge >= 0.3 is 5.97 Å². The van der Waals surface area contributed by atoms with Crippen molar-refractivity contribution in [3.05, 3.63) is 108 Å². The molecule has 3 aromatic carbocycles. The third kappa shape index (κ3) is 10.2. The summed E-state index contributed by atoms with van der Waals surface area (Å²) in [6.07, 6.45) is -3.70. The van der Waals surface area contributed by atoms with Crippen molar-refractivity contribution in [3.8, 4) is 0 Å². The van der Waals surface area contributed by atoms with E-state index in [9.17, 15) is 19.2 Å². The van der Waals surface area contributed by atoms with Crippen molar-refractivity contribution in [2.24, 2.45) is 0 Å². The largest absolute Gasteiger partial charge is 0.456 e. The van der Waals surface area contributed by atoms with Crippen LogP contribution in [0.1, 0.15) is 58.8 Å². The van der Waals surface area contributed by atoms with E-state index in [0.29, 0.717) is 24.2 Å². The number of Topliss-reactive ketones (excluding diaryl/α,β-unsaturated/α-hetero) is 1. The molecule has 3 aromatic rings. The molecule has 0 radical (unpaired) electrons. The Labute approximate surface area is 320 Å². The first-order chi connectivity index (χ1) is 25.6. The van der Waals surface area contributed by atoms with Crippen molar-refractivity contribution in [3.63, 3.8) is 0 Å². The lowest BCUT2D eigenvalue weighted by atomic mass is 10.1. The zero-order valence-corrected chi connectivity index (χ0v) is 33.9. The smallest absolute Gasteiger partial charge is 0.338 e. The molecule has 1 heterocycles. The van der Waals surface area contributed by atoms with E-state index < -0.39 is 55.9 Å². The Bertz CT molecular complexity index is 1710. The number of carbonyl (C=O) groups is 4. The predicted molar refractivity (Wildman–Crippen MR) is 211 cm³/mol. The predicted octanol–water partition coefficient (Wildman–Crippen LogP) is 4.31. The highest BCUT2D eigenvalue weighted by Gasteiger charge is 2.59. The second kappa shape index (κ2) is 18.7. The molecule has 0 aliphatic carbocycles. The van der Waals surface area contributed by atoms with Gasteiger partial charge < -0.3 is 28.9 Å². The average Bonchev–Trinajstić information content (AvgIpc) is 3.49. The summed E-state index contributed by atoms with van der Waals surface area (Å²) in [5.41, 5.74) is 0.668. The topological polar surface area (TPSA) is 124 Å². The number of ether oxygens (including phenoxy) is 3. The number of likely N-dealkylation sites (N-methyl/N-ethyl adjacent to an activating group) is 1. The Morgan fingerprint density at radius 1 is 0.852 bits per heavy atom. The lowest BCUT2D eigenvalue weighted by Crippen LogP contribution is -2.69. The molecule has 1 N–H and O–H groups in total. The molecule has 54 heavy (non-hydrogen) atoms. The van der Waals surface area contributed by atoms with Gasteiger partial charge in [0.1, 0.15) is 31.0 Å². The maximum atomic E-state index is 13.5. The Morgan fingerprint density at radius 3 is 1.87 bits per heavy atom. The van der Waals surface area contributed by atoms with Gasteiger partial charge in [-0.25, -0.2) is 4.79 Å². The van der Waals surface area contributed by atoms with Crippen LogP contribution >= 0.6 is 0 Å². The van der Waals surface area contributed by atoms with Crippen LogP contribution in [0.5, 0.6) is 0 Å². The fourth-order valence-corrected chi connectivity index (χ4v) is 11.3. The minimum absolute atomic E-state index is 0.237. The fraction of sp³-hybridized carbons (Fsp3) is 0.429. The Balaban J connectivity index is 1.92. The summed E-state index contributed by atoms with van der Waals surface area (Å²) in [6.45, 7) is 13.2. The Morgan fingerprint density at radius 2 is 1.39 bits per heavy atom. The first kappa shape index (κ1) is 42.3. The van der Waals surface area contributed by atoms with Gasteiger partial charge in [-0.2, -0.15) is 0 Å². The highest BCUT2D eigenvalue weighted by Crippen LogP contribution is 2.42. The highest BCUT2D eigenvalue weighted by molar-refractivity contribution is 6.99. The number of carbonyl (C=O) groups excluding carboxylic acids is 4. The zero-order valence-electron chi connectivity index (χ0n) is 32.9. The molecule has 1 fully saturated rings. The summed E-state index contributed by atoms with van der Waals surface area (Å²) in [4.78, 5) is 55.9. The van der Waals surface area contributed by atoms with Gasteiger partial charge in [-0.1, -0.05) is 99.6 Å². The normalized spacial score (nSPS) is 19.6. The minimum atomic E-state index is -3.36. The number of allylic oxidation sites excluding steroid dienone is 1. The summed E-state index contributed by atoms with van der Waals surface area (Å²) in [7, 11) is 0.464. The summed E-state index contributed by atoms with van der Waals surface area (Å²) in [6, 6.07) is 28.7. The number of amides is 2. The number of esters is 1. The molecule has 1 aliphatic heterocycles. The van der Waals surface area contributed by atoms with Crippen LogP contribution in [0, 0.1) is 0 Å². The quantitative estimate of drug-likeness (QED) is 0.130. The minimum Gasteiger partial charge on any atom is -0.456 e. The number of nitrogens with zero attached hydrogens (tertiary/aromatic N) is 2. The maximum Gasteiger partial charge on any atom is 0.338 e. The van der Waals surface area contributed by atoms with Crippen LogP contribution in [0.15, 0.2) is 103 Å². The second-order valence-corrected chi connectivity index (χ2v) is 19.2. The van der Waals surface area contributed by atoms with Crippen molar-refractivity contribution in [1.82, 2.24) is 15.1 Å². The van der Waals surface area contributed by atoms with E-state index in [0.717, 1.165) is 10.4 Å². The van der Waals surface area contributed by atoms with E-state index in [1.165, 1.54) is 24.9 Å². The summed E-state index contributed by atoms with van der Waals surface area (Å²) in [5, 5.41) is 4.36. The Kier molecular flexibility index (Phi) is 14.7. The molecule has 0 unspecified atom stereocenters. The molecule has 4 rings (SSSR count). The van der Waals surface area contributed by atoms with Crippen LogP contribution in [-0.2, 0) is 33.0 Å². The second-order valence-electron chi connectivity index (χ2n) is 14.9. The van der Waals surface area contributed by atoms with E-state index in [1.54, 1.807) is 38.1 Å². The van der Waals surface area contributed by atoms with Crippen molar-refractivity contribution < 1.29 is 37.8 Å². The van der Waals surface area contributed by atoms with Gasteiger partial charge in [0.05, 0.1) is 5.56 Å². The number of hydrogen-bond acceptors (Lipinski definition) is 9. The molecule has 11 nitrogen and oxygen atoms in total. The van der Waals surface area contributed by atoms with Gasteiger partial charge in [-0.05, 0) is 62.4 Å². The third-order valence-electron chi connectivity index (χ3n) is 9.53. The van der Waals surface area contributed by atoms with Crippen molar-refractivity contribution in [2.45, 2.75) is 84.1 Å². The third-order valence-corrected chi connectivity index (χ3v) is 14.6. The summed E-state index contributed by atoms with van der Waals surface area (Å²) < 4.78 is 27.0. The monoisotopic (exact) mass is 757 g/mol. The molecule has 0 aromatic heterocycles. The van der Waals surface area contributed by atoms with Crippen molar-refractivity contribution in [2.75, 3.05) is 33.8 Å². The number of rotatable bonds is 16. The van der Waals surface area contributed by atoms with Gasteiger partial charge in [0, 0.05) is 31.8 Å². The van der Waals surface area contributed by atoms with Gasteiger partial charge in [0.25, 0.3) is 8.32 Å². The first-order valence-electron chi connectivity index (χ1n) is 18.3. The molecule has 1 saturated heterocycles. The summed E-state index contributed by atoms with van der Waals surface area (Å²) in [5.74, 6) is -1.59. The van der Waals surface area contributed by atoms with E-state index >= 15 is 0 Å². The van der Waals surface area contributed by atoms with Crippen LogP contribution in [0.3, 0.4) is 0 Å². The van der Waals surface area contributed by atoms with Gasteiger partial charge in [-0.3, -0.25) is 19.3 Å². The number of hydrogen-bond donors (Lipinski definition) is 1. The molecule has 2 amide bonds. The zero-order chi connectivity index (χ0) is 39.6. The number of ketones is 1. The average molecular weight is 758 g/mol. The van der Waals surface area contributed by atoms with Gasteiger partial charge in [0.2, 0.25) is 11.8 Å². The molecular formula is C42H55N3O8Si. The first-order valence-corrected chi connectivity index (χ1v) is 20.2.